The molecule has 2 amide bonds. The third-order valence-electron chi connectivity index (χ3n) is 3.76. The van der Waals surface area contributed by atoms with Crippen LogP contribution >= 0.6 is 0 Å². The summed E-state index contributed by atoms with van der Waals surface area (Å²) in [6.07, 6.45) is 4.48. The predicted octanol–water partition coefficient (Wildman–Crippen LogP) is 0.559. The van der Waals surface area contributed by atoms with Gasteiger partial charge in [-0.25, -0.2) is 4.79 Å². The minimum atomic E-state index is 0.0845. The summed E-state index contributed by atoms with van der Waals surface area (Å²) < 4.78 is 5.24. The van der Waals surface area contributed by atoms with Gasteiger partial charge in [-0.3, -0.25) is 0 Å². The highest BCUT2D eigenvalue weighted by Crippen LogP contribution is 2.18. The molecule has 2 aliphatic rings. The lowest BCUT2D eigenvalue weighted by Crippen LogP contribution is -2.50. The van der Waals surface area contributed by atoms with Crippen molar-refractivity contribution in [3.8, 4) is 0 Å². The van der Waals surface area contributed by atoms with Gasteiger partial charge in [0.15, 0.2) is 0 Å². The summed E-state index contributed by atoms with van der Waals surface area (Å²) in [7, 11) is 2.01. The van der Waals surface area contributed by atoms with Crippen LogP contribution in [0.1, 0.15) is 25.7 Å². The van der Waals surface area contributed by atoms with Crippen molar-refractivity contribution in [3.05, 3.63) is 0 Å². The zero-order valence-corrected chi connectivity index (χ0v) is 10.6. The fourth-order valence-electron chi connectivity index (χ4n) is 2.56. The van der Waals surface area contributed by atoms with E-state index in [4.69, 9.17) is 4.74 Å². The number of carbonyl (C=O) groups is 1. The van der Waals surface area contributed by atoms with Gasteiger partial charge in [-0.15, -0.1) is 0 Å². The van der Waals surface area contributed by atoms with Crippen molar-refractivity contribution < 1.29 is 9.53 Å². The molecule has 1 aliphatic carbocycles. The highest BCUT2D eigenvalue weighted by molar-refractivity contribution is 5.74. The zero-order valence-electron chi connectivity index (χ0n) is 10.6. The minimum absolute atomic E-state index is 0.0845. The number of nitrogens with zero attached hydrogens (tertiary/aromatic N) is 1. The van der Waals surface area contributed by atoms with E-state index < -0.39 is 0 Å². The maximum absolute atomic E-state index is 12.0. The molecule has 0 aromatic carbocycles. The van der Waals surface area contributed by atoms with Crippen molar-refractivity contribution in [2.24, 2.45) is 0 Å². The molecule has 1 aliphatic heterocycles. The van der Waals surface area contributed by atoms with Gasteiger partial charge >= 0.3 is 6.03 Å². The first-order chi connectivity index (χ1) is 8.29. The number of ether oxygens (including phenoxy) is 1. The molecule has 0 unspecified atom stereocenters. The number of morpholine rings is 1. The van der Waals surface area contributed by atoms with Crippen LogP contribution in [0.3, 0.4) is 0 Å². The second-order valence-electron chi connectivity index (χ2n) is 4.89. The van der Waals surface area contributed by atoms with Crippen molar-refractivity contribution >= 4 is 6.03 Å². The Morgan fingerprint density at radius 3 is 2.29 bits per heavy atom. The first-order valence-corrected chi connectivity index (χ1v) is 6.60. The fourth-order valence-corrected chi connectivity index (χ4v) is 2.56. The van der Waals surface area contributed by atoms with Gasteiger partial charge in [0.25, 0.3) is 0 Å². The largest absolute Gasteiger partial charge is 0.378 e. The van der Waals surface area contributed by atoms with E-state index in [1.807, 2.05) is 11.9 Å². The van der Waals surface area contributed by atoms with E-state index in [1.54, 1.807) is 0 Å². The minimum Gasteiger partial charge on any atom is -0.378 e. The third kappa shape index (κ3) is 3.57. The van der Waals surface area contributed by atoms with Crippen LogP contribution in [-0.2, 0) is 4.74 Å². The third-order valence-corrected chi connectivity index (χ3v) is 3.76. The first kappa shape index (κ1) is 12.6. The Labute approximate surface area is 103 Å². The van der Waals surface area contributed by atoms with Gasteiger partial charge < -0.3 is 20.3 Å². The normalized spacial score (nSPS) is 30.1. The molecule has 0 bridgehead atoms. The Morgan fingerprint density at radius 1 is 1.12 bits per heavy atom. The van der Waals surface area contributed by atoms with E-state index in [9.17, 15) is 4.79 Å². The average Bonchev–Trinajstić information content (AvgIpc) is 2.40. The molecule has 2 fully saturated rings. The molecule has 2 rings (SSSR count). The quantitative estimate of drug-likeness (QED) is 0.742. The predicted molar refractivity (Wildman–Crippen MR) is 66.0 cm³/mol. The molecule has 0 radical (unpaired) electrons. The Hall–Kier alpha value is -0.810. The van der Waals surface area contributed by atoms with Crippen molar-refractivity contribution in [2.75, 3.05) is 33.4 Å². The van der Waals surface area contributed by atoms with Gasteiger partial charge in [0.2, 0.25) is 0 Å². The van der Waals surface area contributed by atoms with Crippen LogP contribution in [0.15, 0.2) is 0 Å². The SMILES string of the molecule is CNC1CCC(NC(=O)N2CCOCC2)CC1. The molecule has 0 atom stereocenters. The van der Waals surface area contributed by atoms with Crippen molar-refractivity contribution in [1.82, 2.24) is 15.5 Å². The summed E-state index contributed by atoms with van der Waals surface area (Å²) in [4.78, 5) is 13.8. The molecule has 0 aromatic rings. The molecule has 1 heterocycles. The standard InChI is InChI=1S/C12H23N3O2/c1-13-10-2-4-11(5-3-10)14-12(16)15-6-8-17-9-7-15/h10-11,13H,2-9H2,1H3,(H,14,16). The number of urea groups is 1. The molecule has 17 heavy (non-hydrogen) atoms. The molecule has 5 heteroatoms. The maximum Gasteiger partial charge on any atom is 0.317 e. The summed E-state index contributed by atoms with van der Waals surface area (Å²) in [5.41, 5.74) is 0. The summed E-state index contributed by atoms with van der Waals surface area (Å²) in [6.45, 7) is 2.77. The highest BCUT2D eigenvalue weighted by Gasteiger charge is 2.24. The monoisotopic (exact) mass is 241 g/mol. The maximum atomic E-state index is 12.0. The van der Waals surface area contributed by atoms with Crippen molar-refractivity contribution in [3.63, 3.8) is 0 Å². The lowest BCUT2D eigenvalue weighted by Gasteiger charge is -2.32. The Kier molecular flexibility index (Phi) is 4.62. The van der Waals surface area contributed by atoms with Crippen molar-refractivity contribution in [2.45, 2.75) is 37.8 Å². The van der Waals surface area contributed by atoms with Gasteiger partial charge in [0.1, 0.15) is 0 Å². The first-order valence-electron chi connectivity index (χ1n) is 6.60. The van der Waals surface area contributed by atoms with Gasteiger partial charge in [-0.1, -0.05) is 0 Å². The van der Waals surface area contributed by atoms with Crippen LogP contribution in [0.4, 0.5) is 4.79 Å². The average molecular weight is 241 g/mol. The number of carbonyl (C=O) groups excluding carboxylic acids is 1. The van der Waals surface area contributed by atoms with E-state index >= 15 is 0 Å². The van der Waals surface area contributed by atoms with E-state index in [0.717, 1.165) is 38.8 Å². The molecule has 1 saturated heterocycles. The van der Waals surface area contributed by atoms with Crippen LogP contribution in [0.25, 0.3) is 0 Å². The Bertz CT molecular complexity index is 246. The molecular formula is C12H23N3O2. The van der Waals surface area contributed by atoms with Crippen LogP contribution < -0.4 is 10.6 Å². The van der Waals surface area contributed by atoms with Gasteiger partial charge in [0.05, 0.1) is 13.2 Å². The Balaban J connectivity index is 1.71. The van der Waals surface area contributed by atoms with E-state index in [-0.39, 0.29) is 6.03 Å². The lowest BCUT2D eigenvalue weighted by molar-refractivity contribution is 0.0520. The van der Waals surface area contributed by atoms with Crippen LogP contribution in [-0.4, -0.2) is 56.4 Å². The molecular weight excluding hydrogens is 218 g/mol. The number of rotatable bonds is 2. The number of hydrogen-bond donors (Lipinski definition) is 2. The van der Waals surface area contributed by atoms with Crippen LogP contribution in [0, 0.1) is 0 Å². The highest BCUT2D eigenvalue weighted by atomic mass is 16.5. The molecule has 5 nitrogen and oxygen atoms in total. The molecule has 0 spiro atoms. The van der Waals surface area contributed by atoms with Crippen molar-refractivity contribution in [1.29, 1.82) is 0 Å². The fraction of sp³-hybridized carbons (Fsp3) is 0.917. The summed E-state index contributed by atoms with van der Waals surface area (Å²) in [5, 5.41) is 6.44. The van der Waals surface area contributed by atoms with Gasteiger partial charge in [-0.05, 0) is 32.7 Å². The van der Waals surface area contributed by atoms with Crippen LogP contribution in [0.5, 0.6) is 0 Å². The second-order valence-corrected chi connectivity index (χ2v) is 4.89. The second kappa shape index (κ2) is 6.21. The van der Waals surface area contributed by atoms with Gasteiger partial charge in [-0.2, -0.15) is 0 Å². The molecule has 98 valence electrons. The molecule has 0 aromatic heterocycles. The van der Waals surface area contributed by atoms with Crippen LogP contribution in [0.2, 0.25) is 0 Å². The topological polar surface area (TPSA) is 53.6 Å². The van der Waals surface area contributed by atoms with E-state index in [0.29, 0.717) is 25.3 Å². The summed E-state index contributed by atoms with van der Waals surface area (Å²) in [5.74, 6) is 0. The number of amides is 2. The number of nitrogens with one attached hydrogen (secondary N) is 2. The lowest BCUT2D eigenvalue weighted by atomic mass is 9.91. The number of hydrogen-bond acceptors (Lipinski definition) is 3. The van der Waals surface area contributed by atoms with E-state index in [1.165, 1.54) is 0 Å². The molecule has 2 N–H and O–H groups in total. The summed E-state index contributed by atoms with van der Waals surface area (Å²) >= 11 is 0. The van der Waals surface area contributed by atoms with E-state index in [2.05, 4.69) is 10.6 Å². The Morgan fingerprint density at radius 2 is 1.71 bits per heavy atom. The summed E-state index contributed by atoms with van der Waals surface area (Å²) in [6, 6.07) is 1.07. The smallest absolute Gasteiger partial charge is 0.317 e. The zero-order chi connectivity index (χ0) is 12.1. The molecule has 1 saturated carbocycles. The van der Waals surface area contributed by atoms with Gasteiger partial charge in [0, 0.05) is 25.2 Å².